The van der Waals surface area contributed by atoms with Gasteiger partial charge in [-0.3, -0.25) is 4.79 Å². The van der Waals surface area contributed by atoms with Gasteiger partial charge in [0, 0.05) is 23.8 Å². The Morgan fingerprint density at radius 3 is 2.44 bits per heavy atom. The Hall–Kier alpha value is -2.24. The molecule has 0 bridgehead atoms. The molecule has 0 atom stereocenters. The molecule has 1 aliphatic rings. The number of benzene rings is 2. The molecule has 2 aromatic carbocycles. The number of nitrogens with zero attached hydrogens (tertiary/aromatic N) is 1. The summed E-state index contributed by atoms with van der Waals surface area (Å²) in [6, 6.07) is 9.87. The summed E-state index contributed by atoms with van der Waals surface area (Å²) in [7, 11) is 0. The van der Waals surface area contributed by atoms with Gasteiger partial charge in [-0.2, -0.15) is 0 Å². The standard InChI is InChI=1S/C21H26ClN3O2/c1-14-10-15(2)21(16(3)11-14)24-20(26)13-23-18-12-17(22)4-5-19(18)25-6-8-27-9-7-25/h4-5,10-12,23H,6-9,13H2,1-3H3,(H,24,26). The number of hydrogen-bond donors (Lipinski definition) is 2. The van der Waals surface area contributed by atoms with Crippen molar-refractivity contribution in [3.8, 4) is 0 Å². The second-order valence-electron chi connectivity index (χ2n) is 6.94. The summed E-state index contributed by atoms with van der Waals surface area (Å²) in [6.45, 7) is 9.30. The zero-order chi connectivity index (χ0) is 19.4. The lowest BCUT2D eigenvalue weighted by Gasteiger charge is -2.30. The van der Waals surface area contributed by atoms with Crippen molar-refractivity contribution < 1.29 is 9.53 Å². The molecule has 1 aliphatic heterocycles. The molecule has 1 heterocycles. The summed E-state index contributed by atoms with van der Waals surface area (Å²) < 4.78 is 5.43. The Morgan fingerprint density at radius 2 is 1.78 bits per heavy atom. The number of carbonyl (C=O) groups is 1. The van der Waals surface area contributed by atoms with Crippen molar-refractivity contribution >= 4 is 34.6 Å². The van der Waals surface area contributed by atoms with E-state index in [-0.39, 0.29) is 12.5 Å². The first-order valence-corrected chi connectivity index (χ1v) is 9.55. The van der Waals surface area contributed by atoms with Gasteiger partial charge in [0.05, 0.1) is 31.1 Å². The molecule has 0 aliphatic carbocycles. The van der Waals surface area contributed by atoms with Crippen LogP contribution in [0.1, 0.15) is 16.7 Å². The Bertz CT molecular complexity index is 809. The van der Waals surface area contributed by atoms with Crippen molar-refractivity contribution in [2.24, 2.45) is 0 Å². The number of anilines is 3. The van der Waals surface area contributed by atoms with Gasteiger partial charge in [-0.15, -0.1) is 0 Å². The quantitative estimate of drug-likeness (QED) is 0.809. The van der Waals surface area contributed by atoms with E-state index in [1.165, 1.54) is 5.56 Å². The lowest BCUT2D eigenvalue weighted by molar-refractivity contribution is -0.114. The molecular formula is C21H26ClN3O2. The summed E-state index contributed by atoms with van der Waals surface area (Å²) in [5.41, 5.74) is 6.10. The van der Waals surface area contributed by atoms with Gasteiger partial charge in [-0.05, 0) is 50.1 Å². The molecule has 0 aromatic heterocycles. The Labute approximate surface area is 165 Å². The molecule has 27 heavy (non-hydrogen) atoms. The molecule has 1 fully saturated rings. The number of morpholine rings is 1. The van der Waals surface area contributed by atoms with Crippen LogP contribution in [0.15, 0.2) is 30.3 Å². The van der Waals surface area contributed by atoms with Gasteiger partial charge < -0.3 is 20.3 Å². The number of amides is 1. The molecule has 2 N–H and O–H groups in total. The van der Waals surface area contributed by atoms with Gasteiger partial charge in [-0.1, -0.05) is 29.3 Å². The van der Waals surface area contributed by atoms with Gasteiger partial charge in [0.25, 0.3) is 0 Å². The van der Waals surface area contributed by atoms with Crippen molar-refractivity contribution in [1.29, 1.82) is 0 Å². The number of ether oxygens (including phenoxy) is 1. The molecular weight excluding hydrogens is 362 g/mol. The van der Waals surface area contributed by atoms with Crippen molar-refractivity contribution in [3.63, 3.8) is 0 Å². The summed E-state index contributed by atoms with van der Waals surface area (Å²) in [4.78, 5) is 14.8. The molecule has 0 spiro atoms. The number of nitrogens with one attached hydrogen (secondary N) is 2. The van der Waals surface area contributed by atoms with Crippen molar-refractivity contribution in [3.05, 3.63) is 52.0 Å². The van der Waals surface area contributed by atoms with Crippen LogP contribution in [0.5, 0.6) is 0 Å². The second kappa shape index (κ2) is 8.63. The highest BCUT2D eigenvalue weighted by Gasteiger charge is 2.16. The summed E-state index contributed by atoms with van der Waals surface area (Å²) in [6.07, 6.45) is 0. The molecule has 0 unspecified atom stereocenters. The van der Waals surface area contributed by atoms with Crippen molar-refractivity contribution in [2.45, 2.75) is 20.8 Å². The normalized spacial score (nSPS) is 14.1. The predicted octanol–water partition coefficient (Wildman–Crippen LogP) is 4.15. The number of aryl methyl sites for hydroxylation is 3. The largest absolute Gasteiger partial charge is 0.378 e. The average Bonchev–Trinajstić information content (AvgIpc) is 2.64. The number of halogens is 1. The third-order valence-electron chi connectivity index (χ3n) is 4.69. The summed E-state index contributed by atoms with van der Waals surface area (Å²) >= 11 is 6.17. The van der Waals surface area contributed by atoms with Crippen LogP contribution in [0.2, 0.25) is 5.02 Å². The highest BCUT2D eigenvalue weighted by molar-refractivity contribution is 6.31. The summed E-state index contributed by atoms with van der Waals surface area (Å²) in [5, 5.41) is 6.90. The smallest absolute Gasteiger partial charge is 0.243 e. The van der Waals surface area contributed by atoms with Crippen LogP contribution in [0.4, 0.5) is 17.1 Å². The maximum Gasteiger partial charge on any atom is 0.243 e. The van der Waals surface area contributed by atoms with E-state index in [9.17, 15) is 4.79 Å². The molecule has 0 saturated carbocycles. The SMILES string of the molecule is Cc1cc(C)c(NC(=O)CNc2cc(Cl)ccc2N2CCOCC2)c(C)c1. The third-order valence-corrected chi connectivity index (χ3v) is 4.93. The highest BCUT2D eigenvalue weighted by atomic mass is 35.5. The van der Waals surface area contributed by atoms with Crippen molar-refractivity contribution in [2.75, 3.05) is 48.4 Å². The average molecular weight is 388 g/mol. The van der Waals surface area contributed by atoms with Crippen LogP contribution in [0, 0.1) is 20.8 Å². The van der Waals surface area contributed by atoms with Gasteiger partial charge in [0.15, 0.2) is 0 Å². The monoisotopic (exact) mass is 387 g/mol. The van der Waals surface area contributed by atoms with Gasteiger partial charge in [0.2, 0.25) is 5.91 Å². The van der Waals surface area contributed by atoms with E-state index in [0.717, 1.165) is 41.3 Å². The molecule has 0 radical (unpaired) electrons. The fourth-order valence-corrected chi connectivity index (χ4v) is 3.64. The van der Waals surface area contributed by atoms with Gasteiger partial charge in [-0.25, -0.2) is 0 Å². The van der Waals surface area contributed by atoms with E-state index in [1.54, 1.807) is 0 Å². The Morgan fingerprint density at radius 1 is 1.11 bits per heavy atom. The van der Waals surface area contributed by atoms with E-state index in [2.05, 4.69) is 34.6 Å². The van der Waals surface area contributed by atoms with Crippen LogP contribution < -0.4 is 15.5 Å². The van der Waals surface area contributed by atoms with Gasteiger partial charge in [0.1, 0.15) is 0 Å². The zero-order valence-corrected chi connectivity index (χ0v) is 16.8. The van der Waals surface area contributed by atoms with Crippen LogP contribution in [-0.2, 0) is 9.53 Å². The molecule has 144 valence electrons. The maximum absolute atomic E-state index is 12.5. The minimum Gasteiger partial charge on any atom is -0.378 e. The minimum atomic E-state index is -0.0852. The highest BCUT2D eigenvalue weighted by Crippen LogP contribution is 2.30. The van der Waals surface area contributed by atoms with Gasteiger partial charge >= 0.3 is 0 Å². The molecule has 6 heteroatoms. The van der Waals surface area contributed by atoms with E-state index in [4.69, 9.17) is 16.3 Å². The Balaban J connectivity index is 1.69. The molecule has 5 nitrogen and oxygen atoms in total. The fraction of sp³-hybridized carbons (Fsp3) is 0.381. The van der Waals surface area contributed by atoms with Crippen molar-refractivity contribution in [1.82, 2.24) is 0 Å². The first kappa shape index (κ1) is 19.5. The fourth-order valence-electron chi connectivity index (χ4n) is 3.47. The third kappa shape index (κ3) is 4.93. The predicted molar refractivity (Wildman–Crippen MR) is 112 cm³/mol. The topological polar surface area (TPSA) is 53.6 Å². The molecule has 1 saturated heterocycles. The lowest BCUT2D eigenvalue weighted by Crippen LogP contribution is -2.36. The van der Waals surface area contributed by atoms with E-state index in [0.29, 0.717) is 18.2 Å². The first-order chi connectivity index (χ1) is 12.9. The van der Waals surface area contributed by atoms with Crippen LogP contribution in [0.25, 0.3) is 0 Å². The Kier molecular flexibility index (Phi) is 6.24. The first-order valence-electron chi connectivity index (χ1n) is 9.18. The van der Waals surface area contributed by atoms with E-state index in [1.807, 2.05) is 32.0 Å². The molecule has 3 rings (SSSR count). The van der Waals surface area contributed by atoms with E-state index >= 15 is 0 Å². The molecule has 1 amide bonds. The number of rotatable bonds is 5. The number of hydrogen-bond acceptors (Lipinski definition) is 4. The van der Waals surface area contributed by atoms with E-state index < -0.39 is 0 Å². The van der Waals surface area contributed by atoms with Crippen LogP contribution in [0.3, 0.4) is 0 Å². The number of carbonyl (C=O) groups excluding carboxylic acids is 1. The van der Waals surface area contributed by atoms with Crippen LogP contribution >= 0.6 is 11.6 Å². The lowest BCUT2D eigenvalue weighted by atomic mass is 10.1. The molecule has 2 aromatic rings. The van der Waals surface area contributed by atoms with Crippen LogP contribution in [-0.4, -0.2) is 38.8 Å². The maximum atomic E-state index is 12.5. The second-order valence-corrected chi connectivity index (χ2v) is 7.37. The summed E-state index contributed by atoms with van der Waals surface area (Å²) in [5.74, 6) is -0.0852. The zero-order valence-electron chi connectivity index (χ0n) is 16.1. The minimum absolute atomic E-state index is 0.0852.